The Morgan fingerprint density at radius 3 is 2.33 bits per heavy atom. The van der Waals surface area contributed by atoms with Crippen LogP contribution in [0.2, 0.25) is 0 Å². The van der Waals surface area contributed by atoms with Crippen LogP contribution in [0.1, 0.15) is 10.4 Å². The smallest absolute Gasteiger partial charge is 0.322 e. The maximum Gasteiger partial charge on any atom is 0.323 e. The molecule has 0 aliphatic heterocycles. The van der Waals surface area contributed by atoms with Gasteiger partial charge < -0.3 is 15.3 Å². The van der Waals surface area contributed by atoms with E-state index in [1.165, 1.54) is 24.3 Å². The van der Waals surface area contributed by atoms with Crippen molar-refractivity contribution in [3.63, 3.8) is 0 Å². The molecule has 0 spiro atoms. The normalized spacial score (nSPS) is 11.4. The van der Waals surface area contributed by atoms with E-state index in [4.69, 9.17) is 0 Å². The summed E-state index contributed by atoms with van der Waals surface area (Å²) in [7, 11) is -3.87. The average Bonchev–Trinajstić information content (AvgIpc) is 3.09. The molecule has 152 valence electrons. The number of halogens is 1. The molecular formula is C20H15BrN4O4S. The van der Waals surface area contributed by atoms with Crippen LogP contribution >= 0.6 is 15.9 Å². The molecule has 0 unspecified atom stereocenters. The highest BCUT2D eigenvalue weighted by molar-refractivity contribution is 9.10. The number of carbonyl (C=O) groups excluding carboxylic acids is 1. The lowest BCUT2D eigenvalue weighted by molar-refractivity contribution is 0.102. The first-order valence-corrected chi connectivity index (χ1v) is 11.0. The maximum atomic E-state index is 12.7. The predicted molar refractivity (Wildman–Crippen MR) is 118 cm³/mol. The van der Waals surface area contributed by atoms with Crippen LogP contribution in [-0.4, -0.2) is 24.3 Å². The van der Waals surface area contributed by atoms with Gasteiger partial charge in [0.05, 0.1) is 15.9 Å². The summed E-state index contributed by atoms with van der Waals surface area (Å²) in [4.78, 5) is 29.2. The van der Waals surface area contributed by atoms with Crippen molar-refractivity contribution in [2.75, 3.05) is 10.0 Å². The highest BCUT2D eigenvalue weighted by Crippen LogP contribution is 2.20. The van der Waals surface area contributed by atoms with Gasteiger partial charge in [-0.25, -0.2) is 13.2 Å². The molecular weight excluding hydrogens is 472 g/mol. The molecule has 0 bridgehead atoms. The van der Waals surface area contributed by atoms with Gasteiger partial charge in [0.1, 0.15) is 0 Å². The van der Waals surface area contributed by atoms with Crippen LogP contribution in [0.5, 0.6) is 0 Å². The van der Waals surface area contributed by atoms with E-state index in [9.17, 15) is 18.0 Å². The number of fused-ring (bicyclic) bond motifs is 1. The zero-order chi connectivity index (χ0) is 21.3. The molecule has 8 nitrogen and oxygen atoms in total. The number of rotatable bonds is 5. The molecule has 0 aliphatic rings. The third-order valence-corrected chi connectivity index (χ3v) is 6.18. The van der Waals surface area contributed by atoms with E-state index in [-0.39, 0.29) is 16.1 Å². The molecule has 4 aromatic rings. The molecule has 1 amide bonds. The fourth-order valence-electron chi connectivity index (χ4n) is 2.85. The Morgan fingerprint density at radius 1 is 0.867 bits per heavy atom. The highest BCUT2D eigenvalue weighted by Gasteiger charge is 2.17. The minimum absolute atomic E-state index is 0.0384. The van der Waals surface area contributed by atoms with Gasteiger partial charge in [0, 0.05) is 21.4 Å². The van der Waals surface area contributed by atoms with Crippen LogP contribution in [0.4, 0.5) is 11.4 Å². The minimum Gasteiger partial charge on any atom is -0.322 e. The van der Waals surface area contributed by atoms with E-state index >= 15 is 0 Å². The third kappa shape index (κ3) is 4.29. The maximum absolute atomic E-state index is 12.7. The van der Waals surface area contributed by atoms with Crippen molar-refractivity contribution in [3.8, 4) is 0 Å². The van der Waals surface area contributed by atoms with E-state index < -0.39 is 15.9 Å². The molecule has 4 rings (SSSR count). The number of imidazole rings is 1. The first-order valence-electron chi connectivity index (χ1n) is 8.72. The first kappa shape index (κ1) is 19.9. The van der Waals surface area contributed by atoms with Crippen LogP contribution in [0.15, 0.2) is 80.9 Å². The molecule has 0 fully saturated rings. The highest BCUT2D eigenvalue weighted by atomic mass is 79.9. The van der Waals surface area contributed by atoms with Gasteiger partial charge in [-0.1, -0.05) is 22.0 Å². The third-order valence-electron chi connectivity index (χ3n) is 4.28. The summed E-state index contributed by atoms with van der Waals surface area (Å²) in [6, 6.07) is 17.3. The number of aromatic nitrogens is 2. The lowest BCUT2D eigenvalue weighted by Crippen LogP contribution is -2.16. The number of hydrogen-bond acceptors (Lipinski definition) is 4. The average molecular weight is 487 g/mol. The number of anilines is 2. The summed E-state index contributed by atoms with van der Waals surface area (Å²) < 4.78 is 28.7. The Bertz CT molecular complexity index is 1410. The quantitative estimate of drug-likeness (QED) is 0.343. The molecule has 0 aliphatic carbocycles. The number of nitrogens with one attached hydrogen (secondary N) is 4. The summed E-state index contributed by atoms with van der Waals surface area (Å²) in [5.41, 5.74) is 1.87. The number of sulfonamides is 1. The summed E-state index contributed by atoms with van der Waals surface area (Å²) >= 11 is 3.30. The second-order valence-corrected chi connectivity index (χ2v) is 9.03. The van der Waals surface area contributed by atoms with E-state index in [0.29, 0.717) is 22.4 Å². The first-order chi connectivity index (χ1) is 14.3. The second kappa shape index (κ2) is 7.81. The number of H-pyrrole nitrogens is 2. The zero-order valence-electron chi connectivity index (χ0n) is 15.3. The van der Waals surface area contributed by atoms with Crippen LogP contribution in [0.3, 0.4) is 0 Å². The van der Waals surface area contributed by atoms with E-state index in [1.54, 1.807) is 42.5 Å². The Labute approximate surface area is 179 Å². The van der Waals surface area contributed by atoms with Gasteiger partial charge in [0.15, 0.2) is 0 Å². The van der Waals surface area contributed by atoms with Crippen LogP contribution in [0, 0.1) is 0 Å². The lowest BCUT2D eigenvalue weighted by Gasteiger charge is -2.10. The largest absolute Gasteiger partial charge is 0.323 e. The molecule has 0 radical (unpaired) electrons. The number of aromatic amines is 2. The van der Waals surface area contributed by atoms with Crippen LogP contribution < -0.4 is 15.7 Å². The van der Waals surface area contributed by atoms with Crippen LogP contribution in [0.25, 0.3) is 11.0 Å². The number of hydrogen-bond donors (Lipinski definition) is 4. The zero-order valence-corrected chi connectivity index (χ0v) is 17.7. The van der Waals surface area contributed by atoms with Crippen molar-refractivity contribution in [3.05, 3.63) is 87.3 Å². The van der Waals surface area contributed by atoms with Gasteiger partial charge >= 0.3 is 5.69 Å². The summed E-state index contributed by atoms with van der Waals surface area (Å²) in [5.74, 6) is -0.479. The summed E-state index contributed by atoms with van der Waals surface area (Å²) in [5, 5.41) is 2.70. The van der Waals surface area contributed by atoms with Gasteiger partial charge in [-0.2, -0.15) is 0 Å². The van der Waals surface area contributed by atoms with Crippen molar-refractivity contribution >= 4 is 54.3 Å². The molecule has 30 heavy (non-hydrogen) atoms. The van der Waals surface area contributed by atoms with E-state index in [1.807, 2.05) is 0 Å². The number of amides is 1. The Kier molecular flexibility index (Phi) is 5.18. The van der Waals surface area contributed by atoms with Crippen molar-refractivity contribution in [1.82, 2.24) is 9.97 Å². The van der Waals surface area contributed by atoms with Gasteiger partial charge in [-0.05, 0) is 60.7 Å². The van der Waals surface area contributed by atoms with Crippen LogP contribution in [-0.2, 0) is 10.0 Å². The molecule has 1 heterocycles. The van der Waals surface area contributed by atoms with Gasteiger partial charge in [-0.15, -0.1) is 0 Å². The van der Waals surface area contributed by atoms with Crippen molar-refractivity contribution in [2.24, 2.45) is 0 Å². The molecule has 0 saturated carbocycles. The Hall–Kier alpha value is -3.37. The summed E-state index contributed by atoms with van der Waals surface area (Å²) in [6.45, 7) is 0. The molecule has 4 N–H and O–H groups in total. The van der Waals surface area contributed by atoms with Crippen molar-refractivity contribution < 1.29 is 13.2 Å². The second-order valence-electron chi connectivity index (χ2n) is 6.43. The number of carbonyl (C=O) groups is 1. The molecule has 10 heteroatoms. The van der Waals surface area contributed by atoms with Gasteiger partial charge in [0.2, 0.25) is 0 Å². The molecule has 1 aromatic heterocycles. The monoisotopic (exact) mass is 486 g/mol. The van der Waals surface area contributed by atoms with E-state index in [0.717, 1.165) is 4.47 Å². The fourth-order valence-corrected chi connectivity index (χ4v) is 4.22. The molecule has 3 aromatic carbocycles. The SMILES string of the molecule is O=C(Nc1ccc2[nH]c(=O)[nH]c2c1)c1cccc(S(=O)(=O)Nc2ccc(Br)cc2)c1. The van der Waals surface area contributed by atoms with E-state index in [2.05, 4.69) is 35.9 Å². The molecule has 0 saturated heterocycles. The Balaban J connectivity index is 1.56. The van der Waals surface area contributed by atoms with Gasteiger partial charge in [-0.3, -0.25) is 9.52 Å². The Morgan fingerprint density at radius 2 is 1.57 bits per heavy atom. The minimum atomic E-state index is -3.87. The number of benzene rings is 3. The fraction of sp³-hybridized carbons (Fsp3) is 0. The lowest BCUT2D eigenvalue weighted by atomic mass is 10.2. The predicted octanol–water partition coefficient (Wildman–Crippen LogP) is 3.67. The summed E-state index contributed by atoms with van der Waals surface area (Å²) in [6.07, 6.45) is 0. The van der Waals surface area contributed by atoms with Crippen molar-refractivity contribution in [2.45, 2.75) is 4.90 Å². The molecule has 0 atom stereocenters. The topological polar surface area (TPSA) is 124 Å². The van der Waals surface area contributed by atoms with Crippen molar-refractivity contribution in [1.29, 1.82) is 0 Å². The van der Waals surface area contributed by atoms with Gasteiger partial charge in [0.25, 0.3) is 15.9 Å². The standard InChI is InChI=1S/C20H15BrN4O4S/c21-13-4-6-14(7-5-13)25-30(28,29)16-3-1-2-12(10-16)19(26)22-15-8-9-17-18(11-15)24-20(27)23-17/h1-11,25H,(H,22,26)(H2,23,24,27).